The van der Waals surface area contributed by atoms with E-state index in [1.165, 1.54) is 5.56 Å². The standard InChI is InChI=1S/C19H23NO4S/c1-25(22,23)14-17-7-8-18(24-17)19(21)20-11-9-16(10-12-20)13-15-5-3-2-4-6-15/h2-8,16H,9-14H2,1H3. The fraction of sp³-hybridized carbons (Fsp3) is 0.421. The maximum atomic E-state index is 12.5. The van der Waals surface area contributed by atoms with Gasteiger partial charge in [-0.25, -0.2) is 8.42 Å². The molecule has 3 rings (SSSR count). The highest BCUT2D eigenvalue weighted by Crippen LogP contribution is 2.23. The molecule has 1 aromatic heterocycles. The summed E-state index contributed by atoms with van der Waals surface area (Å²) in [5.74, 6) is 0.783. The average molecular weight is 361 g/mol. The molecule has 6 heteroatoms. The lowest BCUT2D eigenvalue weighted by Gasteiger charge is -2.31. The summed E-state index contributed by atoms with van der Waals surface area (Å²) in [5.41, 5.74) is 1.34. The van der Waals surface area contributed by atoms with Gasteiger partial charge in [-0.1, -0.05) is 30.3 Å². The van der Waals surface area contributed by atoms with E-state index in [4.69, 9.17) is 4.42 Å². The highest BCUT2D eigenvalue weighted by Gasteiger charge is 2.25. The van der Waals surface area contributed by atoms with E-state index in [0.717, 1.165) is 25.5 Å². The van der Waals surface area contributed by atoms with Crippen LogP contribution in [-0.2, 0) is 22.0 Å². The Morgan fingerprint density at radius 3 is 2.44 bits per heavy atom. The van der Waals surface area contributed by atoms with E-state index >= 15 is 0 Å². The van der Waals surface area contributed by atoms with E-state index in [1.54, 1.807) is 17.0 Å². The molecule has 0 aliphatic carbocycles. The molecule has 0 N–H and O–H groups in total. The predicted molar refractivity (Wildman–Crippen MR) is 96.0 cm³/mol. The first-order chi connectivity index (χ1) is 11.9. The second kappa shape index (κ2) is 7.44. The Hall–Kier alpha value is -2.08. The van der Waals surface area contributed by atoms with E-state index in [-0.39, 0.29) is 17.4 Å². The Balaban J connectivity index is 1.55. The minimum absolute atomic E-state index is 0.155. The highest BCUT2D eigenvalue weighted by atomic mass is 32.2. The van der Waals surface area contributed by atoms with Gasteiger partial charge >= 0.3 is 0 Å². The van der Waals surface area contributed by atoms with E-state index in [1.807, 2.05) is 6.07 Å². The SMILES string of the molecule is CS(=O)(=O)Cc1ccc(C(=O)N2CCC(Cc3ccccc3)CC2)o1. The summed E-state index contributed by atoms with van der Waals surface area (Å²) < 4.78 is 28.1. The van der Waals surface area contributed by atoms with Gasteiger partial charge in [-0.05, 0) is 42.9 Å². The van der Waals surface area contributed by atoms with E-state index < -0.39 is 9.84 Å². The summed E-state index contributed by atoms with van der Waals surface area (Å²) in [6.07, 6.45) is 4.13. The van der Waals surface area contributed by atoms with Crippen LogP contribution >= 0.6 is 0 Å². The van der Waals surface area contributed by atoms with Crippen LogP contribution in [0.4, 0.5) is 0 Å². The van der Waals surface area contributed by atoms with E-state index in [0.29, 0.717) is 24.8 Å². The van der Waals surface area contributed by atoms with Crippen molar-refractivity contribution in [3.8, 4) is 0 Å². The minimum atomic E-state index is -3.17. The summed E-state index contributed by atoms with van der Waals surface area (Å²) in [6, 6.07) is 13.5. The van der Waals surface area contributed by atoms with Gasteiger partial charge in [0, 0.05) is 19.3 Å². The Kier molecular flexibility index (Phi) is 5.27. The summed E-state index contributed by atoms with van der Waals surface area (Å²) in [4.78, 5) is 14.3. The molecule has 0 radical (unpaired) electrons. The normalized spacial score (nSPS) is 16.1. The molecule has 1 aliphatic rings. The molecule has 2 heterocycles. The van der Waals surface area contributed by atoms with Gasteiger partial charge in [0.1, 0.15) is 11.5 Å². The van der Waals surface area contributed by atoms with E-state index in [9.17, 15) is 13.2 Å². The minimum Gasteiger partial charge on any atom is -0.455 e. The molecule has 1 amide bonds. The lowest BCUT2D eigenvalue weighted by molar-refractivity contribution is 0.0657. The van der Waals surface area contributed by atoms with Gasteiger partial charge in [0.25, 0.3) is 5.91 Å². The van der Waals surface area contributed by atoms with Gasteiger partial charge in [0.15, 0.2) is 15.6 Å². The monoisotopic (exact) mass is 361 g/mol. The van der Waals surface area contributed by atoms with Crippen molar-refractivity contribution >= 4 is 15.7 Å². The lowest BCUT2D eigenvalue weighted by atomic mass is 9.90. The zero-order chi connectivity index (χ0) is 17.9. The Morgan fingerprint density at radius 2 is 1.80 bits per heavy atom. The third-order valence-corrected chi connectivity index (χ3v) is 5.35. The molecule has 25 heavy (non-hydrogen) atoms. The van der Waals surface area contributed by atoms with Crippen LogP contribution < -0.4 is 0 Å². The van der Waals surface area contributed by atoms with Crippen LogP contribution in [-0.4, -0.2) is 38.6 Å². The summed E-state index contributed by atoms with van der Waals surface area (Å²) >= 11 is 0. The Bertz CT molecular complexity index is 818. The average Bonchev–Trinajstić information content (AvgIpc) is 3.02. The number of rotatable bonds is 5. The van der Waals surface area contributed by atoms with Crippen molar-refractivity contribution in [1.82, 2.24) is 4.90 Å². The van der Waals surface area contributed by atoms with Crippen molar-refractivity contribution < 1.29 is 17.6 Å². The van der Waals surface area contributed by atoms with Gasteiger partial charge in [-0.15, -0.1) is 0 Å². The van der Waals surface area contributed by atoms with Crippen LogP contribution in [0.25, 0.3) is 0 Å². The van der Waals surface area contributed by atoms with Crippen LogP contribution in [0.1, 0.15) is 34.7 Å². The fourth-order valence-corrected chi connectivity index (χ4v) is 3.94. The van der Waals surface area contributed by atoms with Crippen molar-refractivity contribution in [1.29, 1.82) is 0 Å². The maximum Gasteiger partial charge on any atom is 0.289 e. The number of likely N-dealkylation sites (tertiary alicyclic amines) is 1. The molecule has 0 saturated carbocycles. The predicted octanol–water partition coefficient (Wildman–Crippen LogP) is 2.92. The molecule has 0 unspecified atom stereocenters. The zero-order valence-electron chi connectivity index (χ0n) is 14.3. The Labute approximate surface area is 148 Å². The van der Waals surface area contributed by atoms with Crippen LogP contribution in [0.5, 0.6) is 0 Å². The number of hydrogen-bond donors (Lipinski definition) is 0. The first-order valence-corrected chi connectivity index (χ1v) is 10.6. The van der Waals surface area contributed by atoms with E-state index in [2.05, 4.69) is 24.3 Å². The molecule has 0 spiro atoms. The largest absolute Gasteiger partial charge is 0.455 e. The van der Waals surface area contributed by atoms with Gasteiger partial charge in [0.05, 0.1) is 0 Å². The second-order valence-corrected chi connectivity index (χ2v) is 8.90. The molecule has 1 aliphatic heterocycles. The van der Waals surface area contributed by atoms with Crippen LogP contribution in [0.15, 0.2) is 46.9 Å². The van der Waals surface area contributed by atoms with Gasteiger partial charge in [0.2, 0.25) is 0 Å². The third-order valence-electron chi connectivity index (χ3n) is 4.55. The Morgan fingerprint density at radius 1 is 1.12 bits per heavy atom. The molecule has 1 fully saturated rings. The highest BCUT2D eigenvalue weighted by molar-refractivity contribution is 7.89. The second-order valence-electron chi connectivity index (χ2n) is 6.76. The number of sulfone groups is 1. The van der Waals surface area contributed by atoms with Crippen molar-refractivity contribution in [3.05, 3.63) is 59.5 Å². The number of carbonyl (C=O) groups excluding carboxylic acids is 1. The number of benzene rings is 1. The van der Waals surface area contributed by atoms with Crippen molar-refractivity contribution in [3.63, 3.8) is 0 Å². The number of piperidine rings is 1. The van der Waals surface area contributed by atoms with Crippen molar-refractivity contribution in [2.75, 3.05) is 19.3 Å². The third kappa shape index (κ3) is 4.95. The number of carbonyl (C=O) groups is 1. The molecule has 5 nitrogen and oxygen atoms in total. The molecular formula is C19H23NO4S. The lowest BCUT2D eigenvalue weighted by Crippen LogP contribution is -2.38. The summed E-state index contributed by atoms with van der Waals surface area (Å²) in [5, 5.41) is 0. The number of amides is 1. The maximum absolute atomic E-state index is 12.5. The van der Waals surface area contributed by atoms with Crippen molar-refractivity contribution in [2.45, 2.75) is 25.0 Å². The van der Waals surface area contributed by atoms with Gasteiger partial charge in [-0.3, -0.25) is 4.79 Å². The van der Waals surface area contributed by atoms with Crippen LogP contribution in [0, 0.1) is 5.92 Å². The number of furan rings is 1. The molecule has 0 bridgehead atoms. The number of nitrogens with zero attached hydrogens (tertiary/aromatic N) is 1. The summed E-state index contributed by atoms with van der Waals surface area (Å²) in [6.45, 7) is 1.41. The molecule has 0 atom stereocenters. The summed E-state index contributed by atoms with van der Waals surface area (Å²) in [7, 11) is -3.17. The molecule has 2 aromatic rings. The zero-order valence-corrected chi connectivity index (χ0v) is 15.2. The molecule has 134 valence electrons. The number of hydrogen-bond acceptors (Lipinski definition) is 4. The molecular weight excluding hydrogens is 338 g/mol. The van der Waals surface area contributed by atoms with Crippen LogP contribution in [0.2, 0.25) is 0 Å². The van der Waals surface area contributed by atoms with Gasteiger partial charge in [-0.2, -0.15) is 0 Å². The quantitative estimate of drug-likeness (QED) is 0.821. The molecule has 1 saturated heterocycles. The first kappa shape index (κ1) is 17.7. The molecule has 1 aromatic carbocycles. The van der Waals surface area contributed by atoms with Crippen LogP contribution in [0.3, 0.4) is 0 Å². The van der Waals surface area contributed by atoms with Gasteiger partial charge < -0.3 is 9.32 Å². The first-order valence-electron chi connectivity index (χ1n) is 8.50. The fourth-order valence-electron chi connectivity index (χ4n) is 3.27. The smallest absolute Gasteiger partial charge is 0.289 e. The van der Waals surface area contributed by atoms with Crippen molar-refractivity contribution in [2.24, 2.45) is 5.92 Å². The topological polar surface area (TPSA) is 67.6 Å².